The summed E-state index contributed by atoms with van der Waals surface area (Å²) in [5, 5.41) is 13.0. The third-order valence-electron chi connectivity index (χ3n) is 7.67. The number of anilines is 1. The van der Waals surface area contributed by atoms with Crippen molar-refractivity contribution in [3.63, 3.8) is 0 Å². The number of aliphatic hydroxyl groups is 1. The number of piperidine rings is 1. The van der Waals surface area contributed by atoms with Crippen LogP contribution in [0.3, 0.4) is 0 Å². The van der Waals surface area contributed by atoms with Crippen LogP contribution in [-0.4, -0.2) is 24.1 Å². The van der Waals surface area contributed by atoms with Gasteiger partial charge in [-0.05, 0) is 42.5 Å². The van der Waals surface area contributed by atoms with Gasteiger partial charge in [-0.2, -0.15) is 0 Å². The van der Waals surface area contributed by atoms with Gasteiger partial charge in [-0.1, -0.05) is 48.9 Å². The summed E-state index contributed by atoms with van der Waals surface area (Å²) in [7, 11) is 1.55. The molecule has 1 N–H and O–H groups in total. The van der Waals surface area contributed by atoms with Crippen LogP contribution in [0.2, 0.25) is 5.02 Å². The van der Waals surface area contributed by atoms with Crippen LogP contribution in [0.15, 0.2) is 72.8 Å². The van der Waals surface area contributed by atoms with E-state index in [4.69, 9.17) is 21.1 Å². The number of methoxy groups -OCH3 is 1. The second-order valence-corrected chi connectivity index (χ2v) is 9.32. The van der Waals surface area contributed by atoms with Gasteiger partial charge < -0.3 is 14.6 Å². The summed E-state index contributed by atoms with van der Waals surface area (Å²) in [6.07, 6.45) is 0. The van der Waals surface area contributed by atoms with Crippen LogP contribution in [-0.2, 0) is 15.3 Å². The molecule has 3 aromatic rings. The number of carbonyl (C=O) groups is 2. The standard InChI is InChI=1S/C26H20ClNO5/c1-24-21-19-5-3-4-6-20(19)33-23(30)25(21,24)22(29)28(17-11-13-18(32-2)14-12-17)26(24,31)15-7-9-16(27)10-8-15/h3-14,21,31H,1-2H3. The van der Waals surface area contributed by atoms with E-state index in [1.54, 1.807) is 74.7 Å². The molecule has 3 aliphatic rings. The van der Waals surface area contributed by atoms with Crippen molar-refractivity contribution in [2.45, 2.75) is 18.6 Å². The van der Waals surface area contributed by atoms with Crippen LogP contribution in [0.5, 0.6) is 11.5 Å². The molecule has 0 bridgehead atoms. The van der Waals surface area contributed by atoms with Crippen LogP contribution >= 0.6 is 11.6 Å². The molecule has 1 saturated heterocycles. The number of hydrogen-bond acceptors (Lipinski definition) is 5. The van der Waals surface area contributed by atoms with Crippen molar-refractivity contribution in [3.05, 3.63) is 88.9 Å². The first kappa shape index (κ1) is 20.3. The maximum absolute atomic E-state index is 14.1. The van der Waals surface area contributed by atoms with Crippen molar-refractivity contribution in [1.29, 1.82) is 0 Å². The Bertz CT molecular complexity index is 1320. The summed E-state index contributed by atoms with van der Waals surface area (Å²) < 4.78 is 10.9. The van der Waals surface area contributed by atoms with E-state index in [-0.39, 0.29) is 0 Å². The average Bonchev–Trinajstić information content (AvgIpc) is 3.39. The van der Waals surface area contributed by atoms with Gasteiger partial charge in [0.05, 0.1) is 12.5 Å². The molecule has 166 valence electrons. The van der Waals surface area contributed by atoms with Gasteiger partial charge in [0.2, 0.25) is 5.91 Å². The van der Waals surface area contributed by atoms with Gasteiger partial charge in [0.1, 0.15) is 11.5 Å². The fourth-order valence-corrected chi connectivity index (χ4v) is 6.22. The minimum Gasteiger partial charge on any atom is -0.497 e. The second kappa shape index (κ2) is 6.37. The Morgan fingerprint density at radius 2 is 1.67 bits per heavy atom. The SMILES string of the molecule is COc1ccc(N2C(=O)C34C(=O)Oc5ccccc5C3C4(C)C2(O)c2ccc(Cl)cc2)cc1. The predicted molar refractivity (Wildman–Crippen MR) is 121 cm³/mol. The number of halogens is 1. The topological polar surface area (TPSA) is 76.1 Å². The van der Waals surface area contributed by atoms with Gasteiger partial charge in [-0.25, -0.2) is 0 Å². The molecular weight excluding hydrogens is 442 g/mol. The molecule has 4 unspecified atom stereocenters. The van der Waals surface area contributed by atoms with Crippen LogP contribution in [0.1, 0.15) is 24.0 Å². The molecule has 2 aliphatic heterocycles. The van der Waals surface area contributed by atoms with Crippen LogP contribution in [0.4, 0.5) is 5.69 Å². The number of rotatable bonds is 3. The number of fused-ring (bicyclic) bond motifs is 3. The molecule has 1 saturated carbocycles. The predicted octanol–water partition coefficient (Wildman–Crippen LogP) is 4.25. The number of amides is 1. The number of para-hydroxylation sites is 1. The van der Waals surface area contributed by atoms with Crippen molar-refractivity contribution in [1.82, 2.24) is 0 Å². The Morgan fingerprint density at radius 1 is 1.00 bits per heavy atom. The summed E-state index contributed by atoms with van der Waals surface area (Å²) in [5.41, 5.74) is -2.87. The normalized spacial score (nSPS) is 31.4. The van der Waals surface area contributed by atoms with Gasteiger partial charge >= 0.3 is 5.97 Å². The Balaban J connectivity index is 1.62. The zero-order valence-electron chi connectivity index (χ0n) is 17.9. The van der Waals surface area contributed by atoms with Crippen molar-refractivity contribution in [2.24, 2.45) is 10.8 Å². The van der Waals surface area contributed by atoms with Crippen molar-refractivity contribution in [2.75, 3.05) is 12.0 Å². The summed E-state index contributed by atoms with van der Waals surface area (Å²) in [6.45, 7) is 1.79. The molecule has 2 heterocycles. The molecule has 7 heteroatoms. The highest BCUT2D eigenvalue weighted by Crippen LogP contribution is 2.87. The number of benzene rings is 3. The first-order valence-corrected chi connectivity index (χ1v) is 11.0. The zero-order valence-corrected chi connectivity index (χ0v) is 18.7. The molecule has 3 aromatic carbocycles. The lowest BCUT2D eigenvalue weighted by Crippen LogP contribution is -2.51. The first-order chi connectivity index (χ1) is 15.8. The third kappa shape index (κ3) is 2.13. The highest BCUT2D eigenvalue weighted by Gasteiger charge is 2.97. The van der Waals surface area contributed by atoms with Crippen LogP contribution in [0, 0.1) is 10.8 Å². The van der Waals surface area contributed by atoms with Gasteiger partial charge in [-0.3, -0.25) is 14.5 Å². The van der Waals surface area contributed by atoms with Crippen molar-refractivity contribution >= 4 is 29.2 Å². The van der Waals surface area contributed by atoms with E-state index in [9.17, 15) is 14.7 Å². The quantitative estimate of drug-likeness (QED) is 0.358. The molecule has 1 spiro atoms. The molecule has 1 amide bonds. The largest absolute Gasteiger partial charge is 0.497 e. The van der Waals surface area contributed by atoms with Crippen LogP contribution < -0.4 is 14.4 Å². The van der Waals surface area contributed by atoms with Gasteiger partial charge in [-0.15, -0.1) is 0 Å². The minimum atomic E-state index is -1.83. The minimum absolute atomic E-state index is 0.427. The lowest BCUT2D eigenvalue weighted by Gasteiger charge is -2.41. The third-order valence-corrected chi connectivity index (χ3v) is 7.92. The fraction of sp³-hybridized carbons (Fsp3) is 0.231. The lowest BCUT2D eigenvalue weighted by molar-refractivity contribution is -0.147. The van der Waals surface area contributed by atoms with Gasteiger partial charge in [0.25, 0.3) is 0 Å². The van der Waals surface area contributed by atoms with Crippen molar-refractivity contribution < 1.29 is 24.2 Å². The molecule has 1 aliphatic carbocycles. The Kier molecular flexibility index (Phi) is 3.91. The van der Waals surface area contributed by atoms with E-state index in [1.165, 1.54) is 4.90 Å². The van der Waals surface area contributed by atoms with Gasteiger partial charge in [0, 0.05) is 27.8 Å². The number of carbonyl (C=O) groups excluding carboxylic acids is 2. The van der Waals surface area contributed by atoms with E-state index >= 15 is 0 Å². The molecule has 2 fully saturated rings. The number of ether oxygens (including phenoxy) is 2. The van der Waals surface area contributed by atoms with Crippen molar-refractivity contribution in [3.8, 4) is 11.5 Å². The molecule has 0 aromatic heterocycles. The Labute approximate surface area is 195 Å². The van der Waals surface area contributed by atoms with E-state index in [0.29, 0.717) is 27.8 Å². The zero-order chi connectivity index (χ0) is 23.2. The van der Waals surface area contributed by atoms with E-state index in [0.717, 1.165) is 5.56 Å². The maximum Gasteiger partial charge on any atom is 0.328 e. The monoisotopic (exact) mass is 461 g/mol. The highest BCUT2D eigenvalue weighted by molar-refractivity contribution is 6.30. The molecule has 33 heavy (non-hydrogen) atoms. The molecular formula is C26H20ClNO5. The first-order valence-electron chi connectivity index (χ1n) is 10.6. The Morgan fingerprint density at radius 3 is 2.33 bits per heavy atom. The summed E-state index contributed by atoms with van der Waals surface area (Å²) in [5.74, 6) is -0.612. The van der Waals surface area contributed by atoms with Crippen LogP contribution in [0.25, 0.3) is 0 Å². The number of hydrogen-bond donors (Lipinski definition) is 1. The summed E-state index contributed by atoms with van der Waals surface area (Å²) in [6, 6.07) is 20.7. The molecule has 4 atom stereocenters. The Hall–Kier alpha value is -3.35. The molecule has 6 nitrogen and oxygen atoms in total. The fourth-order valence-electron chi connectivity index (χ4n) is 6.10. The van der Waals surface area contributed by atoms with E-state index in [1.807, 2.05) is 12.1 Å². The molecule has 6 rings (SSSR count). The average molecular weight is 462 g/mol. The second-order valence-electron chi connectivity index (χ2n) is 8.89. The van der Waals surface area contributed by atoms with Gasteiger partial charge in [0.15, 0.2) is 11.1 Å². The number of nitrogens with zero attached hydrogens (tertiary/aromatic N) is 1. The smallest absolute Gasteiger partial charge is 0.328 e. The summed E-state index contributed by atoms with van der Waals surface area (Å²) >= 11 is 6.12. The highest BCUT2D eigenvalue weighted by atomic mass is 35.5. The number of esters is 1. The summed E-state index contributed by atoms with van der Waals surface area (Å²) in [4.78, 5) is 28.9. The maximum atomic E-state index is 14.1. The van der Waals surface area contributed by atoms with E-state index in [2.05, 4.69) is 0 Å². The molecule has 0 radical (unpaired) electrons. The lowest BCUT2D eigenvalue weighted by atomic mass is 9.82. The van der Waals surface area contributed by atoms with E-state index < -0.39 is 34.3 Å².